The number of unbranched alkanes of at least 4 members (excludes halogenated alkanes) is 1. The molecule has 220 valence electrons. The first-order chi connectivity index (χ1) is 18.3. The van der Waals surface area contributed by atoms with E-state index in [1.807, 2.05) is 32.9 Å². The van der Waals surface area contributed by atoms with Crippen LogP contribution >= 0.6 is 11.6 Å². The van der Waals surface area contributed by atoms with Crippen molar-refractivity contribution in [2.75, 3.05) is 0 Å². The van der Waals surface area contributed by atoms with Crippen LogP contribution in [0.2, 0.25) is 5.02 Å². The Kier molecular flexibility index (Phi) is 37.5. The lowest BCUT2D eigenvalue weighted by atomic mass is 9.98. The molecule has 0 radical (unpaired) electrons. The minimum atomic E-state index is 0. The van der Waals surface area contributed by atoms with E-state index in [0.29, 0.717) is 5.92 Å². The predicted octanol–water partition coefficient (Wildman–Crippen LogP) is 13.0. The number of terminal acetylenes is 1. The van der Waals surface area contributed by atoms with Gasteiger partial charge in [0.1, 0.15) is 0 Å². The zero-order valence-electron chi connectivity index (χ0n) is 25.8. The van der Waals surface area contributed by atoms with Crippen LogP contribution in [0.5, 0.6) is 0 Å². The second kappa shape index (κ2) is 33.5. The van der Waals surface area contributed by atoms with Crippen LogP contribution in [0.1, 0.15) is 111 Å². The van der Waals surface area contributed by atoms with Gasteiger partial charge < -0.3 is 0 Å². The van der Waals surface area contributed by atoms with E-state index >= 15 is 0 Å². The Morgan fingerprint density at radius 3 is 2.10 bits per heavy atom. The predicted molar refractivity (Wildman–Crippen MR) is 185 cm³/mol. The van der Waals surface area contributed by atoms with Crippen LogP contribution in [0, 0.1) is 25.2 Å². The van der Waals surface area contributed by atoms with Crippen molar-refractivity contribution in [3.05, 3.63) is 108 Å². The van der Waals surface area contributed by atoms with E-state index in [4.69, 9.17) is 18.0 Å². The molecule has 2 aromatic rings. The Labute approximate surface area is 250 Å². The van der Waals surface area contributed by atoms with Gasteiger partial charge in [-0.2, -0.15) is 0 Å². The Morgan fingerprint density at radius 1 is 1.05 bits per heavy atom. The summed E-state index contributed by atoms with van der Waals surface area (Å²) in [5.74, 6) is 3.27. The quantitative estimate of drug-likeness (QED) is 0.192. The fourth-order valence-electron chi connectivity index (χ4n) is 3.11. The van der Waals surface area contributed by atoms with Crippen molar-refractivity contribution >= 4 is 11.6 Å². The molecule has 0 amide bonds. The summed E-state index contributed by atoms with van der Waals surface area (Å²) in [5.41, 5.74) is 5.20. The third kappa shape index (κ3) is 29.9. The maximum Gasteiger partial charge on any atom is 0.0440 e. The Hall–Kier alpha value is -2.49. The molecule has 0 aliphatic carbocycles. The summed E-state index contributed by atoms with van der Waals surface area (Å²) in [5, 5.41) is 0.904. The lowest BCUT2D eigenvalue weighted by molar-refractivity contribution is 0.541. The maximum atomic E-state index is 6.17. The van der Waals surface area contributed by atoms with Gasteiger partial charge in [0.2, 0.25) is 0 Å². The van der Waals surface area contributed by atoms with Gasteiger partial charge in [-0.05, 0) is 87.5 Å². The van der Waals surface area contributed by atoms with Gasteiger partial charge in [0.15, 0.2) is 0 Å². The van der Waals surface area contributed by atoms with Crippen molar-refractivity contribution in [1.29, 1.82) is 0 Å². The molecule has 0 heterocycles. The number of allylic oxidation sites excluding steroid dienone is 3. The molecule has 2 rings (SSSR count). The van der Waals surface area contributed by atoms with Crippen molar-refractivity contribution in [3.8, 4) is 12.3 Å². The molecule has 0 bridgehead atoms. The van der Waals surface area contributed by atoms with Gasteiger partial charge in [-0.25, -0.2) is 0 Å². The summed E-state index contributed by atoms with van der Waals surface area (Å²) in [6.07, 6.45) is 18.8. The lowest BCUT2D eigenvalue weighted by Gasteiger charge is -2.09. The first-order valence-electron chi connectivity index (χ1n) is 14.4. The maximum absolute atomic E-state index is 6.17. The zero-order valence-corrected chi connectivity index (χ0v) is 26.5. The standard InChI is InChI=1S/C14H19Cl.C10H14.C8H12.C3H6.C2H6.CH4/c1-4-5-11(2)6-8-13-9-7-12(3)10-14(13)15;1-2-3-7-10-8-5-4-6-9-10;1-4-6-7-8(3)5-2;1-3-2;1-2;/h4,7,9-11H,1,5-6,8H2,2-3H3;4-6,8-9H,2-3,7H2,1H3;1H,3,5-7H2,2H3;3H,1H2,2H3;1-2H3;1H4. The minimum Gasteiger partial charge on any atom is -0.120 e. The van der Waals surface area contributed by atoms with Crippen LogP contribution in [0.4, 0.5) is 0 Å². The zero-order chi connectivity index (χ0) is 29.6. The van der Waals surface area contributed by atoms with Crippen molar-refractivity contribution in [3.63, 3.8) is 0 Å². The molecule has 0 aliphatic heterocycles. The van der Waals surface area contributed by atoms with E-state index in [2.05, 4.69) is 95.8 Å². The Bertz CT molecular complexity index is 854. The van der Waals surface area contributed by atoms with E-state index in [0.717, 1.165) is 37.1 Å². The average molecular weight is 553 g/mol. The van der Waals surface area contributed by atoms with Crippen molar-refractivity contribution < 1.29 is 0 Å². The molecule has 0 fully saturated rings. The highest BCUT2D eigenvalue weighted by Gasteiger charge is 2.04. The van der Waals surface area contributed by atoms with Crippen LogP contribution in [0.15, 0.2) is 86.0 Å². The highest BCUT2D eigenvalue weighted by atomic mass is 35.5. The molecule has 0 saturated carbocycles. The third-order valence-electron chi connectivity index (χ3n) is 5.47. The average Bonchev–Trinajstić information content (AvgIpc) is 2.93. The molecule has 39 heavy (non-hydrogen) atoms. The molecule has 0 N–H and O–H groups in total. The van der Waals surface area contributed by atoms with Crippen LogP contribution in [-0.2, 0) is 12.8 Å². The highest BCUT2D eigenvalue weighted by molar-refractivity contribution is 6.31. The number of aryl methyl sites for hydroxylation is 3. The normalized spacial score (nSPS) is 9.41. The smallest absolute Gasteiger partial charge is 0.0440 e. The summed E-state index contributed by atoms with van der Waals surface area (Å²) in [7, 11) is 0. The summed E-state index contributed by atoms with van der Waals surface area (Å²) >= 11 is 6.17. The Morgan fingerprint density at radius 2 is 1.64 bits per heavy atom. The second-order valence-electron chi connectivity index (χ2n) is 9.07. The molecule has 0 spiro atoms. The molecule has 2 aromatic carbocycles. The molecular formula is C38H61Cl. The highest BCUT2D eigenvalue weighted by Crippen LogP contribution is 2.21. The molecule has 0 aromatic heterocycles. The van der Waals surface area contributed by atoms with Gasteiger partial charge in [-0.1, -0.05) is 127 Å². The molecular weight excluding hydrogens is 492 g/mol. The van der Waals surface area contributed by atoms with E-state index in [9.17, 15) is 0 Å². The number of benzene rings is 2. The summed E-state index contributed by atoms with van der Waals surface area (Å²) in [4.78, 5) is 0. The minimum absolute atomic E-state index is 0. The summed E-state index contributed by atoms with van der Waals surface area (Å²) in [6, 6.07) is 16.9. The Balaban J connectivity index is -0.000000224. The van der Waals surface area contributed by atoms with Gasteiger partial charge in [-0.15, -0.1) is 25.5 Å². The number of halogens is 1. The topological polar surface area (TPSA) is 0 Å². The molecule has 1 atom stereocenters. The molecule has 0 nitrogen and oxygen atoms in total. The molecule has 0 aliphatic rings. The first-order valence-corrected chi connectivity index (χ1v) is 14.7. The monoisotopic (exact) mass is 552 g/mol. The number of rotatable bonds is 11. The van der Waals surface area contributed by atoms with Gasteiger partial charge in [0.05, 0.1) is 0 Å². The SMILES string of the molecule is C.C#CCCC(=C)CC.C=CC.C=CCC(C)CCc1ccc(C)cc1Cl.CC.CCCCc1ccccc1. The fraction of sp³-hybridized carbons (Fsp3) is 0.474. The summed E-state index contributed by atoms with van der Waals surface area (Å²) in [6.45, 7) is 25.5. The molecule has 1 unspecified atom stereocenters. The van der Waals surface area contributed by atoms with Crippen molar-refractivity contribution in [2.24, 2.45) is 5.92 Å². The van der Waals surface area contributed by atoms with Crippen LogP contribution in [0.25, 0.3) is 0 Å². The molecule has 1 heteroatoms. The van der Waals surface area contributed by atoms with Crippen LogP contribution in [0.3, 0.4) is 0 Å². The fourth-order valence-corrected chi connectivity index (χ4v) is 3.44. The van der Waals surface area contributed by atoms with Crippen molar-refractivity contribution in [2.45, 2.75) is 114 Å². The van der Waals surface area contributed by atoms with Gasteiger partial charge >= 0.3 is 0 Å². The lowest BCUT2D eigenvalue weighted by Crippen LogP contribution is -1.96. The van der Waals surface area contributed by atoms with Gasteiger partial charge in [-0.3, -0.25) is 0 Å². The van der Waals surface area contributed by atoms with E-state index in [1.165, 1.54) is 47.9 Å². The number of hydrogen-bond donors (Lipinski definition) is 0. The summed E-state index contributed by atoms with van der Waals surface area (Å²) < 4.78 is 0. The van der Waals surface area contributed by atoms with Gasteiger partial charge in [0.25, 0.3) is 0 Å². The largest absolute Gasteiger partial charge is 0.120 e. The first kappa shape index (κ1) is 43.6. The third-order valence-corrected chi connectivity index (χ3v) is 5.82. The second-order valence-corrected chi connectivity index (χ2v) is 9.48. The molecule has 0 saturated heterocycles. The van der Waals surface area contributed by atoms with Crippen molar-refractivity contribution in [1.82, 2.24) is 0 Å². The number of hydrogen-bond acceptors (Lipinski definition) is 0. The van der Waals surface area contributed by atoms with E-state index in [-0.39, 0.29) is 7.43 Å². The van der Waals surface area contributed by atoms with Crippen LogP contribution < -0.4 is 0 Å². The van der Waals surface area contributed by atoms with Crippen LogP contribution in [-0.4, -0.2) is 0 Å². The van der Waals surface area contributed by atoms with E-state index < -0.39 is 0 Å². The van der Waals surface area contributed by atoms with Gasteiger partial charge in [0, 0.05) is 11.4 Å². The van der Waals surface area contributed by atoms with E-state index in [1.54, 1.807) is 6.08 Å².